The van der Waals surface area contributed by atoms with Crippen molar-refractivity contribution >= 4 is 22.7 Å². The van der Waals surface area contributed by atoms with Gasteiger partial charge in [-0.05, 0) is 48.1 Å². The highest BCUT2D eigenvalue weighted by Gasteiger charge is 2.21. The fourth-order valence-electron chi connectivity index (χ4n) is 4.15. The molecule has 2 unspecified atom stereocenters. The number of rotatable bonds is 8. The van der Waals surface area contributed by atoms with Gasteiger partial charge in [0.2, 0.25) is 5.13 Å². The molecule has 0 amide bonds. The lowest BCUT2D eigenvalue weighted by Crippen LogP contribution is -2.40. The van der Waals surface area contributed by atoms with E-state index in [1.807, 2.05) is 47.8 Å². The molecule has 0 radical (unpaired) electrons. The van der Waals surface area contributed by atoms with E-state index in [0.29, 0.717) is 0 Å². The quantitative estimate of drug-likeness (QED) is 0.370. The summed E-state index contributed by atoms with van der Waals surface area (Å²) in [7, 11) is 0. The maximum absolute atomic E-state index is 5.94. The van der Waals surface area contributed by atoms with Gasteiger partial charge in [0, 0.05) is 30.6 Å². The van der Waals surface area contributed by atoms with Crippen LogP contribution in [0.25, 0.3) is 11.3 Å². The fourth-order valence-corrected chi connectivity index (χ4v) is 4.81. The Morgan fingerprint density at radius 3 is 2.58 bits per heavy atom. The van der Waals surface area contributed by atoms with Crippen LogP contribution in [0.15, 0.2) is 65.1 Å². The molecule has 2 atom stereocenters. The third-order valence-corrected chi connectivity index (χ3v) is 6.20. The summed E-state index contributed by atoms with van der Waals surface area (Å²) in [5, 5.41) is 7.12. The summed E-state index contributed by atoms with van der Waals surface area (Å²) in [4.78, 5) is 7.10. The molecule has 2 aromatic carbocycles. The molecule has 4 rings (SSSR count). The van der Waals surface area contributed by atoms with Gasteiger partial charge in [-0.1, -0.05) is 44.2 Å². The van der Waals surface area contributed by atoms with Gasteiger partial charge in [0.1, 0.15) is 12.4 Å². The molecule has 1 fully saturated rings. The van der Waals surface area contributed by atoms with Crippen LogP contribution in [0.2, 0.25) is 0 Å². The van der Waals surface area contributed by atoms with Crippen molar-refractivity contribution in [2.24, 2.45) is 16.9 Å². The standard InChI is InChI=1S/C25H30N4OS/c1-19-14-20(2)17-29(16-19)12-13-30-23-10-8-21(9-11-23)15-26-28-25-27-24(18-31-25)22-6-4-3-5-7-22/h3-11,15,18-20H,12-14,16-17H2,1-2H3,(H,27,28). The monoisotopic (exact) mass is 434 g/mol. The van der Waals surface area contributed by atoms with E-state index in [9.17, 15) is 0 Å². The SMILES string of the molecule is CC1CC(C)CN(CCOc2ccc(C=NNc3nc(-c4ccccc4)cs3)cc2)C1. The van der Waals surface area contributed by atoms with Crippen molar-refractivity contribution in [1.82, 2.24) is 9.88 Å². The highest BCUT2D eigenvalue weighted by Crippen LogP contribution is 2.24. The Kier molecular flexibility index (Phi) is 7.33. The van der Waals surface area contributed by atoms with E-state index in [1.165, 1.54) is 19.5 Å². The molecule has 0 spiro atoms. The first-order chi connectivity index (χ1) is 15.2. The minimum atomic E-state index is 0.724. The maximum atomic E-state index is 5.94. The second-order valence-corrected chi connectivity index (χ2v) is 9.26. The van der Waals surface area contributed by atoms with Crippen molar-refractivity contribution < 1.29 is 4.74 Å². The summed E-state index contributed by atoms with van der Waals surface area (Å²) in [5.74, 6) is 2.46. The minimum Gasteiger partial charge on any atom is -0.492 e. The summed E-state index contributed by atoms with van der Waals surface area (Å²) < 4.78 is 5.94. The molecule has 31 heavy (non-hydrogen) atoms. The van der Waals surface area contributed by atoms with Gasteiger partial charge in [-0.25, -0.2) is 4.98 Å². The molecule has 1 aliphatic rings. The van der Waals surface area contributed by atoms with Crippen molar-refractivity contribution in [2.45, 2.75) is 20.3 Å². The van der Waals surface area contributed by atoms with Gasteiger partial charge in [-0.3, -0.25) is 10.3 Å². The van der Waals surface area contributed by atoms with Gasteiger partial charge in [0.05, 0.1) is 11.9 Å². The number of nitrogens with one attached hydrogen (secondary N) is 1. The molecule has 0 saturated carbocycles. The lowest BCUT2D eigenvalue weighted by atomic mass is 9.92. The Hall–Kier alpha value is -2.70. The number of likely N-dealkylation sites (tertiary alicyclic amines) is 1. The third kappa shape index (κ3) is 6.39. The van der Waals surface area contributed by atoms with Crippen LogP contribution in [0.4, 0.5) is 5.13 Å². The second-order valence-electron chi connectivity index (χ2n) is 8.40. The zero-order chi connectivity index (χ0) is 21.5. The van der Waals surface area contributed by atoms with Gasteiger partial charge in [0.25, 0.3) is 0 Å². The average Bonchev–Trinajstić information content (AvgIpc) is 3.24. The van der Waals surface area contributed by atoms with Crippen LogP contribution in [0.5, 0.6) is 5.75 Å². The predicted octanol–water partition coefficient (Wildman–Crippen LogP) is 5.61. The number of hydrazone groups is 1. The van der Waals surface area contributed by atoms with Crippen molar-refractivity contribution in [1.29, 1.82) is 0 Å². The molecule has 6 heteroatoms. The van der Waals surface area contributed by atoms with E-state index in [4.69, 9.17) is 4.74 Å². The molecule has 1 N–H and O–H groups in total. The van der Waals surface area contributed by atoms with Gasteiger partial charge in [0.15, 0.2) is 0 Å². The van der Waals surface area contributed by atoms with Crippen LogP contribution in [-0.4, -0.2) is 42.3 Å². The molecular formula is C25H30N4OS. The molecule has 162 valence electrons. The second kappa shape index (κ2) is 10.6. The van der Waals surface area contributed by atoms with E-state index in [1.54, 1.807) is 17.6 Å². The van der Waals surface area contributed by atoms with Crippen LogP contribution in [0.1, 0.15) is 25.8 Å². The van der Waals surface area contributed by atoms with Gasteiger partial charge in [-0.2, -0.15) is 5.10 Å². The predicted molar refractivity (Wildman–Crippen MR) is 130 cm³/mol. The van der Waals surface area contributed by atoms with Gasteiger partial charge < -0.3 is 4.74 Å². The number of benzene rings is 2. The first-order valence-electron chi connectivity index (χ1n) is 10.9. The summed E-state index contributed by atoms with van der Waals surface area (Å²) in [6, 6.07) is 18.2. The van der Waals surface area contributed by atoms with Crippen LogP contribution < -0.4 is 10.2 Å². The van der Waals surface area contributed by atoms with Crippen molar-refractivity contribution in [3.8, 4) is 17.0 Å². The highest BCUT2D eigenvalue weighted by molar-refractivity contribution is 7.14. The van der Waals surface area contributed by atoms with E-state index < -0.39 is 0 Å². The number of ether oxygens (including phenoxy) is 1. The normalized spacial score (nSPS) is 19.5. The maximum Gasteiger partial charge on any atom is 0.203 e. The molecule has 0 bridgehead atoms. The summed E-state index contributed by atoms with van der Waals surface area (Å²) >= 11 is 1.54. The van der Waals surface area contributed by atoms with Gasteiger partial charge >= 0.3 is 0 Å². The van der Waals surface area contributed by atoms with Crippen LogP contribution in [-0.2, 0) is 0 Å². The minimum absolute atomic E-state index is 0.724. The summed E-state index contributed by atoms with van der Waals surface area (Å²) in [5.41, 5.74) is 6.09. The average molecular weight is 435 g/mol. The summed E-state index contributed by atoms with van der Waals surface area (Å²) in [6.07, 6.45) is 3.13. The lowest BCUT2D eigenvalue weighted by Gasteiger charge is -2.34. The fraction of sp³-hybridized carbons (Fsp3) is 0.360. The smallest absolute Gasteiger partial charge is 0.203 e. The van der Waals surface area contributed by atoms with Gasteiger partial charge in [-0.15, -0.1) is 11.3 Å². The van der Waals surface area contributed by atoms with Crippen LogP contribution in [0.3, 0.4) is 0 Å². The Balaban J connectivity index is 1.22. The van der Waals surface area contributed by atoms with Crippen LogP contribution in [0, 0.1) is 11.8 Å². The Morgan fingerprint density at radius 2 is 1.84 bits per heavy atom. The zero-order valence-corrected chi connectivity index (χ0v) is 19.0. The lowest BCUT2D eigenvalue weighted by molar-refractivity contribution is 0.120. The van der Waals surface area contributed by atoms with E-state index in [0.717, 1.165) is 52.7 Å². The first kappa shape index (κ1) is 21.5. The number of anilines is 1. The Bertz CT molecular complexity index is 961. The molecule has 1 aromatic heterocycles. The number of hydrogen-bond donors (Lipinski definition) is 1. The number of hydrogen-bond acceptors (Lipinski definition) is 6. The Morgan fingerprint density at radius 1 is 1.10 bits per heavy atom. The number of thiazole rings is 1. The van der Waals surface area contributed by atoms with E-state index >= 15 is 0 Å². The first-order valence-corrected chi connectivity index (χ1v) is 11.8. The Labute approximate surface area is 188 Å². The topological polar surface area (TPSA) is 49.8 Å². The molecule has 1 saturated heterocycles. The zero-order valence-electron chi connectivity index (χ0n) is 18.2. The number of aromatic nitrogens is 1. The molecule has 2 heterocycles. The highest BCUT2D eigenvalue weighted by atomic mass is 32.1. The number of nitrogens with zero attached hydrogens (tertiary/aromatic N) is 3. The van der Waals surface area contributed by atoms with Crippen molar-refractivity contribution in [2.75, 3.05) is 31.7 Å². The third-order valence-electron chi connectivity index (χ3n) is 5.45. The molecule has 1 aliphatic heterocycles. The van der Waals surface area contributed by atoms with E-state index in [2.05, 4.69) is 46.4 Å². The van der Waals surface area contributed by atoms with Crippen LogP contribution >= 0.6 is 11.3 Å². The van der Waals surface area contributed by atoms with E-state index in [-0.39, 0.29) is 0 Å². The molecular weight excluding hydrogens is 404 g/mol. The molecule has 3 aromatic rings. The number of piperidine rings is 1. The van der Waals surface area contributed by atoms with Crippen molar-refractivity contribution in [3.63, 3.8) is 0 Å². The molecule has 5 nitrogen and oxygen atoms in total. The van der Waals surface area contributed by atoms with Crippen molar-refractivity contribution in [3.05, 3.63) is 65.5 Å². The largest absolute Gasteiger partial charge is 0.492 e. The molecule has 0 aliphatic carbocycles. The summed E-state index contributed by atoms with van der Waals surface area (Å²) in [6.45, 7) is 8.76.